The summed E-state index contributed by atoms with van der Waals surface area (Å²) in [6.07, 6.45) is 5.92. The van der Waals surface area contributed by atoms with Crippen molar-refractivity contribution < 1.29 is 38.7 Å². The van der Waals surface area contributed by atoms with Crippen LogP contribution in [0.5, 0.6) is 0 Å². The van der Waals surface area contributed by atoms with Crippen molar-refractivity contribution in [2.24, 2.45) is 17.6 Å². The topological polar surface area (TPSA) is 286 Å². The van der Waals surface area contributed by atoms with Crippen molar-refractivity contribution in [2.45, 2.75) is 128 Å². The Hall–Kier alpha value is -6.11. The highest BCUT2D eigenvalue weighted by atomic mass is 16.3. The molecule has 0 saturated carbocycles. The standard InChI is InChI=1S/C42H61N11O8/c1-6-25(4)37(38(43)57)52-36(56)19-35(55)30(15-24(2)3)49-40(59)32(17-28-20-44-22-46-28)50-39(58)31(16-27-11-8-7-9-12-27)51-41(60)34-13-10-14-53(34)42(61)33(48-26(5)54)18-29-21-45-23-47-29/h7-9,11-12,20-25,30-35,37,55H,6,10,13-19H2,1-5H3,(H2,43,57)(H,44,46)(H,45,47)(H,48,54)(H,49,59)(H,50,58)(H,51,60)(H,52,56)/t25-,30-,31-,32-,33-,34-,35-,37-/m0/s1. The van der Waals surface area contributed by atoms with E-state index in [-0.39, 0.29) is 44.1 Å². The third-order valence-corrected chi connectivity index (χ3v) is 10.8. The van der Waals surface area contributed by atoms with Crippen LogP contribution in [0.25, 0.3) is 0 Å². The summed E-state index contributed by atoms with van der Waals surface area (Å²) in [7, 11) is 0. The number of carbonyl (C=O) groups is 7. The highest BCUT2D eigenvalue weighted by Gasteiger charge is 2.40. The number of aliphatic hydroxyl groups excluding tert-OH is 1. The van der Waals surface area contributed by atoms with Crippen LogP contribution in [0.3, 0.4) is 0 Å². The monoisotopic (exact) mass is 847 g/mol. The van der Waals surface area contributed by atoms with Crippen LogP contribution in [0.4, 0.5) is 0 Å². The Morgan fingerprint density at radius 3 is 2.00 bits per heavy atom. The summed E-state index contributed by atoms with van der Waals surface area (Å²) in [5.74, 6) is -4.40. The van der Waals surface area contributed by atoms with E-state index < -0.39 is 90.1 Å². The van der Waals surface area contributed by atoms with Gasteiger partial charge in [-0.15, -0.1) is 0 Å². The average molecular weight is 848 g/mol. The fourth-order valence-electron chi connectivity index (χ4n) is 7.39. The lowest BCUT2D eigenvalue weighted by atomic mass is 9.95. The third-order valence-electron chi connectivity index (χ3n) is 10.8. The second kappa shape index (κ2) is 23.0. The van der Waals surface area contributed by atoms with E-state index >= 15 is 0 Å². The number of hydrogen-bond donors (Lipinski definition) is 9. The molecule has 19 nitrogen and oxygen atoms in total. The van der Waals surface area contributed by atoms with Crippen molar-refractivity contribution in [3.8, 4) is 0 Å². The molecule has 0 bridgehead atoms. The van der Waals surface area contributed by atoms with E-state index in [0.29, 0.717) is 36.2 Å². The van der Waals surface area contributed by atoms with Gasteiger partial charge in [0.05, 0.1) is 31.2 Å². The van der Waals surface area contributed by atoms with Gasteiger partial charge in [0.1, 0.15) is 30.2 Å². The molecule has 0 radical (unpaired) electrons. The van der Waals surface area contributed by atoms with E-state index in [1.54, 1.807) is 37.4 Å². The molecular weight excluding hydrogens is 787 g/mol. The molecule has 1 saturated heterocycles. The van der Waals surface area contributed by atoms with E-state index in [0.717, 1.165) is 0 Å². The number of nitrogens with zero attached hydrogens (tertiary/aromatic N) is 3. The van der Waals surface area contributed by atoms with Crippen LogP contribution in [0.15, 0.2) is 55.4 Å². The second-order valence-corrected chi connectivity index (χ2v) is 16.2. The summed E-state index contributed by atoms with van der Waals surface area (Å²) in [6.45, 7) is 8.96. The van der Waals surface area contributed by atoms with Crippen molar-refractivity contribution in [3.63, 3.8) is 0 Å². The molecule has 1 aliphatic heterocycles. The first kappa shape index (κ1) is 47.6. The minimum atomic E-state index is -1.37. The molecule has 0 aliphatic carbocycles. The highest BCUT2D eigenvalue weighted by Crippen LogP contribution is 2.21. The van der Waals surface area contributed by atoms with Gasteiger partial charge in [0.25, 0.3) is 0 Å². The van der Waals surface area contributed by atoms with Gasteiger partial charge in [-0.3, -0.25) is 33.6 Å². The van der Waals surface area contributed by atoms with Gasteiger partial charge in [-0.05, 0) is 36.7 Å². The van der Waals surface area contributed by atoms with Crippen molar-refractivity contribution in [3.05, 3.63) is 72.3 Å². The minimum Gasteiger partial charge on any atom is -0.390 e. The fourth-order valence-corrected chi connectivity index (χ4v) is 7.39. The number of imidazole rings is 2. The molecule has 2 aromatic heterocycles. The number of H-pyrrole nitrogens is 2. The maximum Gasteiger partial charge on any atom is 0.246 e. The van der Waals surface area contributed by atoms with E-state index in [2.05, 4.69) is 46.5 Å². The molecule has 1 fully saturated rings. The molecule has 332 valence electrons. The molecule has 10 N–H and O–H groups in total. The predicted octanol–water partition coefficient (Wildman–Crippen LogP) is -0.0759. The van der Waals surface area contributed by atoms with E-state index in [1.165, 1.54) is 30.7 Å². The Bertz CT molecular complexity index is 1910. The van der Waals surface area contributed by atoms with E-state index in [4.69, 9.17) is 5.73 Å². The minimum absolute atomic E-state index is 0.0337. The average Bonchev–Trinajstić information content (AvgIpc) is 4.03. The fraction of sp³-hybridized carbons (Fsp3) is 0.548. The number of aromatic amines is 2. The summed E-state index contributed by atoms with van der Waals surface area (Å²) in [5, 5.41) is 25.1. The third kappa shape index (κ3) is 14.5. The Morgan fingerprint density at radius 2 is 1.44 bits per heavy atom. The zero-order valence-corrected chi connectivity index (χ0v) is 35.5. The molecule has 1 aliphatic rings. The normalized spacial score (nSPS) is 17.2. The summed E-state index contributed by atoms with van der Waals surface area (Å²) in [6, 6.07) is 2.75. The second-order valence-electron chi connectivity index (χ2n) is 16.2. The van der Waals surface area contributed by atoms with Crippen LogP contribution >= 0.6 is 0 Å². The van der Waals surface area contributed by atoms with Crippen LogP contribution in [0.1, 0.15) is 83.7 Å². The van der Waals surface area contributed by atoms with Gasteiger partial charge in [0, 0.05) is 56.5 Å². The lowest BCUT2D eigenvalue weighted by Gasteiger charge is -2.30. The number of rotatable bonds is 23. The Labute approximate surface area is 355 Å². The zero-order valence-electron chi connectivity index (χ0n) is 35.5. The zero-order chi connectivity index (χ0) is 44.6. The molecule has 61 heavy (non-hydrogen) atoms. The van der Waals surface area contributed by atoms with Gasteiger partial charge in [-0.25, -0.2) is 9.97 Å². The van der Waals surface area contributed by atoms with Crippen molar-refractivity contribution in [1.29, 1.82) is 0 Å². The van der Waals surface area contributed by atoms with Crippen molar-refractivity contribution >= 4 is 41.4 Å². The first-order chi connectivity index (χ1) is 29.1. The number of primary amides is 1. The smallest absolute Gasteiger partial charge is 0.246 e. The van der Waals surface area contributed by atoms with Crippen molar-refractivity contribution in [1.82, 2.24) is 51.4 Å². The molecule has 8 atom stereocenters. The summed E-state index contributed by atoms with van der Waals surface area (Å²) in [4.78, 5) is 109. The van der Waals surface area contributed by atoms with Gasteiger partial charge in [-0.2, -0.15) is 0 Å². The molecule has 0 unspecified atom stereocenters. The molecule has 19 heteroatoms. The number of nitrogens with two attached hydrogens (primary N) is 1. The van der Waals surface area contributed by atoms with E-state index in [9.17, 15) is 38.7 Å². The highest BCUT2D eigenvalue weighted by molar-refractivity contribution is 5.96. The molecule has 7 amide bonds. The number of amides is 7. The largest absolute Gasteiger partial charge is 0.390 e. The van der Waals surface area contributed by atoms with Gasteiger partial charge in [0.15, 0.2) is 0 Å². The number of likely N-dealkylation sites (tertiary alicyclic amines) is 1. The summed E-state index contributed by atoms with van der Waals surface area (Å²) in [5.41, 5.74) is 7.37. The maximum absolute atomic E-state index is 14.3. The van der Waals surface area contributed by atoms with Crippen LogP contribution in [0.2, 0.25) is 0 Å². The molecular formula is C42H61N11O8. The number of benzene rings is 1. The number of hydrogen-bond acceptors (Lipinski definition) is 10. The van der Waals surface area contributed by atoms with Gasteiger partial charge < -0.3 is 52.3 Å². The molecule has 3 aromatic rings. The van der Waals surface area contributed by atoms with Crippen LogP contribution in [-0.2, 0) is 52.8 Å². The molecule has 1 aromatic carbocycles. The lowest BCUT2D eigenvalue weighted by Crippen LogP contribution is -2.59. The maximum atomic E-state index is 14.3. The van der Waals surface area contributed by atoms with Gasteiger partial charge in [-0.1, -0.05) is 64.4 Å². The van der Waals surface area contributed by atoms with Crippen LogP contribution < -0.4 is 32.3 Å². The first-order valence-corrected chi connectivity index (χ1v) is 20.8. The molecule has 0 spiro atoms. The lowest BCUT2D eigenvalue weighted by molar-refractivity contribution is -0.142. The Balaban J connectivity index is 1.55. The number of aromatic nitrogens is 4. The molecule has 3 heterocycles. The quantitative estimate of drug-likeness (QED) is 0.0612. The number of nitrogens with one attached hydrogen (secondary N) is 7. The number of carbonyl (C=O) groups excluding carboxylic acids is 7. The number of aliphatic hydroxyl groups is 1. The van der Waals surface area contributed by atoms with Crippen molar-refractivity contribution in [2.75, 3.05) is 6.54 Å². The summed E-state index contributed by atoms with van der Waals surface area (Å²) < 4.78 is 0. The van der Waals surface area contributed by atoms with Crippen LogP contribution in [-0.4, -0.2) is 120 Å². The Morgan fingerprint density at radius 1 is 0.836 bits per heavy atom. The summed E-state index contributed by atoms with van der Waals surface area (Å²) >= 11 is 0. The van der Waals surface area contributed by atoms with Crippen LogP contribution in [0, 0.1) is 11.8 Å². The van der Waals surface area contributed by atoms with Gasteiger partial charge >= 0.3 is 0 Å². The van der Waals surface area contributed by atoms with E-state index in [1.807, 2.05) is 26.8 Å². The SMILES string of the molecule is CC[C@H](C)[C@H](NC(=O)C[C@H](O)[C@H](CC(C)C)NC(=O)[C@H](Cc1cnc[nH]1)NC(=O)[C@H](Cc1ccccc1)NC(=O)[C@@H]1CCCN1C(=O)[C@H](Cc1cnc[nH]1)NC(C)=O)C(N)=O. The molecule has 4 rings (SSSR count). The Kier molecular flexibility index (Phi) is 18.0. The predicted molar refractivity (Wildman–Crippen MR) is 224 cm³/mol. The first-order valence-electron chi connectivity index (χ1n) is 20.8. The van der Waals surface area contributed by atoms with Gasteiger partial charge in [0.2, 0.25) is 41.4 Å².